The first-order valence-electron chi connectivity index (χ1n) is 6.45. The van der Waals surface area contributed by atoms with E-state index in [0.29, 0.717) is 5.69 Å². The van der Waals surface area contributed by atoms with Crippen LogP contribution < -0.4 is 15.4 Å². The molecule has 0 bridgehead atoms. The fraction of sp³-hybridized carbons (Fsp3) is 0.462. The summed E-state index contributed by atoms with van der Waals surface area (Å²) in [6, 6.07) is 4.63. The summed E-state index contributed by atoms with van der Waals surface area (Å²) in [5, 5.41) is 5.70. The lowest BCUT2D eigenvalue weighted by atomic mass is 10.2. The van der Waals surface area contributed by atoms with Crippen LogP contribution in [0.25, 0.3) is 0 Å². The van der Waals surface area contributed by atoms with E-state index in [4.69, 9.17) is 0 Å². The zero-order chi connectivity index (χ0) is 15.2. The van der Waals surface area contributed by atoms with Gasteiger partial charge in [-0.25, -0.2) is 13.1 Å². The van der Waals surface area contributed by atoms with Gasteiger partial charge in [-0.15, -0.1) is 0 Å². The van der Waals surface area contributed by atoms with Gasteiger partial charge in [0.15, 0.2) is 0 Å². The molecule has 0 aromatic heterocycles. The number of anilines is 1. The largest absolute Gasteiger partial charge is 0.325 e. The van der Waals surface area contributed by atoms with Gasteiger partial charge in [-0.1, -0.05) is 13.0 Å². The highest BCUT2D eigenvalue weighted by Crippen LogP contribution is 2.19. The summed E-state index contributed by atoms with van der Waals surface area (Å²) in [5.74, 6) is -0.194. The molecule has 1 amide bonds. The number of hydrogen-bond acceptors (Lipinski definition) is 4. The minimum Gasteiger partial charge on any atom is -0.325 e. The van der Waals surface area contributed by atoms with E-state index < -0.39 is 10.0 Å². The van der Waals surface area contributed by atoms with Gasteiger partial charge in [0.1, 0.15) is 0 Å². The molecule has 7 heteroatoms. The van der Waals surface area contributed by atoms with Gasteiger partial charge in [-0.2, -0.15) is 0 Å². The van der Waals surface area contributed by atoms with Gasteiger partial charge in [-0.3, -0.25) is 4.79 Å². The smallest absolute Gasteiger partial charge is 0.240 e. The Morgan fingerprint density at radius 3 is 2.60 bits per heavy atom. The number of nitrogens with one attached hydrogen (secondary N) is 3. The maximum atomic E-state index is 11.7. The second kappa shape index (κ2) is 7.37. The van der Waals surface area contributed by atoms with Crippen molar-refractivity contribution in [3.63, 3.8) is 0 Å². The second-order valence-electron chi connectivity index (χ2n) is 4.41. The molecule has 1 aromatic rings. The Balaban J connectivity index is 2.85. The minimum absolute atomic E-state index is 0.127. The van der Waals surface area contributed by atoms with E-state index in [1.807, 2.05) is 13.8 Å². The summed E-state index contributed by atoms with van der Waals surface area (Å²) in [6.07, 6.45) is 0.947. The van der Waals surface area contributed by atoms with Crippen molar-refractivity contribution in [3.8, 4) is 0 Å². The number of carbonyl (C=O) groups is 1. The van der Waals surface area contributed by atoms with E-state index in [9.17, 15) is 13.2 Å². The van der Waals surface area contributed by atoms with Gasteiger partial charge in [0, 0.05) is 5.69 Å². The SMILES string of the molecule is CCCNCC(=O)Nc1cc(S(=O)(=O)NC)ccc1C. The molecule has 0 saturated carbocycles. The summed E-state index contributed by atoms with van der Waals surface area (Å²) < 4.78 is 25.7. The van der Waals surface area contributed by atoms with Crippen LogP contribution in [0.1, 0.15) is 18.9 Å². The van der Waals surface area contributed by atoms with E-state index in [0.717, 1.165) is 18.5 Å². The molecule has 0 aliphatic heterocycles. The van der Waals surface area contributed by atoms with Crippen molar-refractivity contribution in [1.29, 1.82) is 0 Å². The van der Waals surface area contributed by atoms with Gasteiger partial charge in [-0.05, 0) is 44.6 Å². The molecule has 0 atom stereocenters. The van der Waals surface area contributed by atoms with Crippen LogP contribution in [0, 0.1) is 6.92 Å². The summed E-state index contributed by atoms with van der Waals surface area (Å²) in [7, 11) is -2.16. The van der Waals surface area contributed by atoms with Crippen molar-refractivity contribution in [2.75, 3.05) is 25.5 Å². The summed E-state index contributed by atoms with van der Waals surface area (Å²) >= 11 is 0. The van der Waals surface area contributed by atoms with Crippen molar-refractivity contribution in [2.45, 2.75) is 25.2 Å². The van der Waals surface area contributed by atoms with Crippen LogP contribution >= 0.6 is 0 Å². The third-order valence-corrected chi connectivity index (χ3v) is 4.19. The monoisotopic (exact) mass is 299 g/mol. The van der Waals surface area contributed by atoms with E-state index in [2.05, 4.69) is 15.4 Å². The Morgan fingerprint density at radius 1 is 1.30 bits per heavy atom. The number of benzene rings is 1. The van der Waals surface area contributed by atoms with Crippen molar-refractivity contribution < 1.29 is 13.2 Å². The normalized spacial score (nSPS) is 11.3. The highest BCUT2D eigenvalue weighted by atomic mass is 32.2. The minimum atomic E-state index is -3.51. The Morgan fingerprint density at radius 2 is 2.00 bits per heavy atom. The van der Waals surface area contributed by atoms with E-state index in [1.165, 1.54) is 19.2 Å². The van der Waals surface area contributed by atoms with E-state index in [1.54, 1.807) is 6.07 Å². The van der Waals surface area contributed by atoms with Crippen LogP contribution in [0.4, 0.5) is 5.69 Å². The Labute approximate surface area is 120 Å². The maximum absolute atomic E-state index is 11.7. The Bertz CT molecular complexity index is 570. The molecule has 0 radical (unpaired) electrons. The molecular weight excluding hydrogens is 278 g/mol. The number of rotatable bonds is 7. The molecule has 0 unspecified atom stereocenters. The molecule has 6 nitrogen and oxygen atoms in total. The van der Waals surface area contributed by atoms with Gasteiger partial charge >= 0.3 is 0 Å². The molecule has 112 valence electrons. The Hall–Kier alpha value is -1.44. The lowest BCUT2D eigenvalue weighted by Crippen LogP contribution is -2.29. The molecule has 0 heterocycles. The predicted molar refractivity (Wildman–Crippen MR) is 79.2 cm³/mol. The van der Waals surface area contributed by atoms with Gasteiger partial charge in [0.05, 0.1) is 11.4 Å². The van der Waals surface area contributed by atoms with Crippen LogP contribution in [-0.4, -0.2) is 34.5 Å². The molecule has 1 aromatic carbocycles. The number of amides is 1. The van der Waals surface area contributed by atoms with Crippen LogP contribution in [0.2, 0.25) is 0 Å². The standard InChI is InChI=1S/C13H21N3O3S/c1-4-7-15-9-13(17)16-12-8-11(6-5-10(12)2)20(18,19)14-3/h5-6,8,14-15H,4,7,9H2,1-3H3,(H,16,17). The van der Waals surface area contributed by atoms with Gasteiger partial charge in [0.2, 0.25) is 15.9 Å². The molecule has 0 aliphatic carbocycles. The average Bonchev–Trinajstić information content (AvgIpc) is 2.41. The summed E-state index contributed by atoms with van der Waals surface area (Å²) in [6.45, 7) is 4.79. The second-order valence-corrected chi connectivity index (χ2v) is 6.30. The van der Waals surface area contributed by atoms with Crippen LogP contribution in [0.15, 0.2) is 23.1 Å². The summed E-state index contributed by atoms with van der Waals surface area (Å²) in [4.78, 5) is 11.9. The van der Waals surface area contributed by atoms with Gasteiger partial charge in [0.25, 0.3) is 0 Å². The fourth-order valence-electron chi connectivity index (χ4n) is 1.59. The number of aryl methyl sites for hydroxylation is 1. The number of carbonyl (C=O) groups excluding carboxylic acids is 1. The van der Waals surface area contributed by atoms with Crippen molar-refractivity contribution in [3.05, 3.63) is 23.8 Å². The molecule has 20 heavy (non-hydrogen) atoms. The fourth-order valence-corrected chi connectivity index (χ4v) is 2.35. The third-order valence-electron chi connectivity index (χ3n) is 2.77. The van der Waals surface area contributed by atoms with Crippen LogP contribution in [-0.2, 0) is 14.8 Å². The van der Waals surface area contributed by atoms with Crippen molar-refractivity contribution in [1.82, 2.24) is 10.0 Å². The van der Waals surface area contributed by atoms with Crippen molar-refractivity contribution >= 4 is 21.6 Å². The molecule has 1 rings (SSSR count). The molecule has 0 spiro atoms. The highest BCUT2D eigenvalue weighted by molar-refractivity contribution is 7.89. The first-order chi connectivity index (χ1) is 9.40. The first-order valence-corrected chi connectivity index (χ1v) is 7.93. The topological polar surface area (TPSA) is 87.3 Å². The maximum Gasteiger partial charge on any atom is 0.240 e. The number of hydrogen-bond donors (Lipinski definition) is 3. The average molecular weight is 299 g/mol. The van der Waals surface area contributed by atoms with Crippen molar-refractivity contribution in [2.24, 2.45) is 0 Å². The molecular formula is C13H21N3O3S. The Kier molecular flexibility index (Phi) is 6.12. The number of sulfonamides is 1. The zero-order valence-electron chi connectivity index (χ0n) is 12.0. The van der Waals surface area contributed by atoms with Crippen LogP contribution in [0.5, 0.6) is 0 Å². The van der Waals surface area contributed by atoms with Gasteiger partial charge < -0.3 is 10.6 Å². The summed E-state index contributed by atoms with van der Waals surface area (Å²) in [5.41, 5.74) is 1.31. The lowest BCUT2D eigenvalue weighted by molar-refractivity contribution is -0.115. The highest BCUT2D eigenvalue weighted by Gasteiger charge is 2.13. The van der Waals surface area contributed by atoms with Crippen LogP contribution in [0.3, 0.4) is 0 Å². The van der Waals surface area contributed by atoms with E-state index in [-0.39, 0.29) is 17.3 Å². The molecule has 0 aliphatic rings. The first kappa shape index (κ1) is 16.6. The quantitative estimate of drug-likeness (QED) is 0.651. The van der Waals surface area contributed by atoms with E-state index >= 15 is 0 Å². The predicted octanol–water partition coefficient (Wildman–Crippen LogP) is 0.841. The molecule has 0 saturated heterocycles. The lowest BCUT2D eigenvalue weighted by Gasteiger charge is -2.11. The zero-order valence-corrected chi connectivity index (χ0v) is 12.8. The molecule has 3 N–H and O–H groups in total. The third kappa shape index (κ3) is 4.59. The molecule has 0 fully saturated rings.